The number of amides is 2. The van der Waals surface area contributed by atoms with Gasteiger partial charge in [-0.15, -0.1) is 0 Å². The van der Waals surface area contributed by atoms with Crippen LogP contribution in [0.1, 0.15) is 25.7 Å². The molecule has 2 amide bonds. The maximum absolute atomic E-state index is 12.2. The van der Waals surface area contributed by atoms with Gasteiger partial charge in [-0.3, -0.25) is 9.59 Å². The van der Waals surface area contributed by atoms with Crippen LogP contribution in [0.15, 0.2) is 0 Å². The Morgan fingerprint density at radius 3 is 2.81 bits per heavy atom. The molecule has 1 aliphatic carbocycles. The zero-order valence-electron chi connectivity index (χ0n) is 11.8. The lowest BCUT2D eigenvalue weighted by molar-refractivity contribution is -0.143. The smallest absolute Gasteiger partial charge is 0.326 e. The Bertz CT molecular complexity index is 467. The molecule has 7 nitrogen and oxygen atoms in total. The van der Waals surface area contributed by atoms with Crippen LogP contribution in [0.25, 0.3) is 0 Å². The van der Waals surface area contributed by atoms with Crippen LogP contribution in [0.4, 0.5) is 0 Å². The molecule has 1 unspecified atom stereocenters. The number of aliphatic carboxylic acids is 1. The predicted molar refractivity (Wildman–Crippen MR) is 73.3 cm³/mol. The third-order valence-electron chi connectivity index (χ3n) is 4.82. The maximum Gasteiger partial charge on any atom is 0.326 e. The Hall–Kier alpha value is -1.63. The number of carbonyl (C=O) groups is 3. The summed E-state index contributed by atoms with van der Waals surface area (Å²) in [5, 5.41) is 17.8. The molecule has 1 saturated carbocycles. The van der Waals surface area contributed by atoms with Gasteiger partial charge in [0.2, 0.25) is 11.8 Å². The van der Waals surface area contributed by atoms with Crippen LogP contribution >= 0.6 is 0 Å². The van der Waals surface area contributed by atoms with Crippen molar-refractivity contribution in [1.29, 1.82) is 0 Å². The molecule has 2 aliphatic heterocycles. The van der Waals surface area contributed by atoms with Gasteiger partial charge in [-0.2, -0.15) is 0 Å². The first-order valence-electron chi connectivity index (χ1n) is 7.60. The number of hydrogen-bond donors (Lipinski definition) is 4. The fourth-order valence-electron chi connectivity index (χ4n) is 3.46. The zero-order chi connectivity index (χ0) is 15.0. The van der Waals surface area contributed by atoms with E-state index in [1.165, 1.54) is 0 Å². The van der Waals surface area contributed by atoms with Crippen molar-refractivity contribution in [3.05, 3.63) is 0 Å². The summed E-state index contributed by atoms with van der Waals surface area (Å²) in [4.78, 5) is 35.3. The van der Waals surface area contributed by atoms with Crippen LogP contribution in [-0.4, -0.2) is 48.1 Å². The molecular weight excluding hydrogens is 274 g/mol. The van der Waals surface area contributed by atoms with Crippen molar-refractivity contribution in [1.82, 2.24) is 16.0 Å². The molecule has 0 spiro atoms. The number of carbonyl (C=O) groups excluding carboxylic acids is 2. The summed E-state index contributed by atoms with van der Waals surface area (Å²) in [6.07, 6.45) is 2.74. The van der Waals surface area contributed by atoms with Crippen molar-refractivity contribution in [3.8, 4) is 0 Å². The Labute approximate surface area is 122 Å². The van der Waals surface area contributed by atoms with Gasteiger partial charge in [-0.1, -0.05) is 0 Å². The second kappa shape index (κ2) is 5.63. The van der Waals surface area contributed by atoms with Crippen molar-refractivity contribution >= 4 is 17.8 Å². The molecule has 7 heteroatoms. The lowest BCUT2D eigenvalue weighted by atomic mass is 9.91. The Balaban J connectivity index is 1.57. The summed E-state index contributed by atoms with van der Waals surface area (Å²) in [6, 6.07) is -1.26. The van der Waals surface area contributed by atoms with Crippen molar-refractivity contribution in [2.75, 3.05) is 13.1 Å². The van der Waals surface area contributed by atoms with E-state index in [-0.39, 0.29) is 30.2 Å². The van der Waals surface area contributed by atoms with Crippen molar-refractivity contribution in [2.45, 2.75) is 37.8 Å². The average molecular weight is 295 g/mol. The van der Waals surface area contributed by atoms with E-state index in [1.54, 1.807) is 0 Å². The molecule has 3 fully saturated rings. The molecule has 0 radical (unpaired) electrons. The van der Waals surface area contributed by atoms with Gasteiger partial charge in [0, 0.05) is 12.5 Å². The molecule has 0 bridgehead atoms. The predicted octanol–water partition coefficient (Wildman–Crippen LogP) is -0.920. The first-order valence-corrected chi connectivity index (χ1v) is 7.60. The standard InChI is InChI=1S/C14H21N3O4/c18-12-7(2-1-3-15-12)5-10(14(20)21)17-13(19)11-9-4-8(9)6-16-11/h7-11,16H,1-6H2,(H,15,18)(H,17,19)(H,20,21)/t7-,8-,9-,10?,11-/m0/s1. The lowest BCUT2D eigenvalue weighted by Gasteiger charge is -2.25. The van der Waals surface area contributed by atoms with E-state index in [4.69, 9.17) is 0 Å². The number of hydrogen-bond acceptors (Lipinski definition) is 4. The zero-order valence-corrected chi connectivity index (χ0v) is 11.8. The lowest BCUT2D eigenvalue weighted by Crippen LogP contribution is -2.51. The number of carboxylic acid groups (broad SMARTS) is 1. The van der Waals surface area contributed by atoms with Crippen LogP contribution < -0.4 is 16.0 Å². The minimum atomic E-state index is -1.08. The van der Waals surface area contributed by atoms with E-state index in [0.717, 1.165) is 19.4 Å². The first kappa shape index (κ1) is 14.3. The molecular formula is C14H21N3O4. The van der Waals surface area contributed by atoms with E-state index in [0.29, 0.717) is 24.8 Å². The Morgan fingerprint density at radius 2 is 2.24 bits per heavy atom. The summed E-state index contributed by atoms with van der Waals surface area (Å²) in [6.45, 7) is 1.49. The van der Waals surface area contributed by atoms with Gasteiger partial charge in [0.1, 0.15) is 6.04 Å². The number of carboxylic acids is 1. The Kier molecular flexibility index (Phi) is 3.84. The van der Waals surface area contributed by atoms with Gasteiger partial charge < -0.3 is 21.1 Å². The van der Waals surface area contributed by atoms with E-state index in [2.05, 4.69) is 16.0 Å². The van der Waals surface area contributed by atoms with Crippen LogP contribution in [0.3, 0.4) is 0 Å². The van der Waals surface area contributed by atoms with E-state index in [1.807, 2.05) is 0 Å². The minimum Gasteiger partial charge on any atom is -0.480 e. The van der Waals surface area contributed by atoms with Crippen LogP contribution in [0.5, 0.6) is 0 Å². The van der Waals surface area contributed by atoms with E-state index < -0.39 is 12.0 Å². The number of piperidine rings is 2. The molecule has 3 rings (SSSR count). The molecule has 21 heavy (non-hydrogen) atoms. The molecule has 2 heterocycles. The normalized spacial score (nSPS) is 35.5. The molecule has 116 valence electrons. The molecule has 5 atom stereocenters. The largest absolute Gasteiger partial charge is 0.480 e. The van der Waals surface area contributed by atoms with Crippen LogP contribution in [-0.2, 0) is 14.4 Å². The van der Waals surface area contributed by atoms with Gasteiger partial charge in [-0.25, -0.2) is 4.79 Å². The van der Waals surface area contributed by atoms with Crippen molar-refractivity contribution < 1.29 is 19.5 Å². The third kappa shape index (κ3) is 3.02. The third-order valence-corrected chi connectivity index (χ3v) is 4.82. The fraction of sp³-hybridized carbons (Fsp3) is 0.786. The summed E-state index contributed by atoms with van der Waals surface area (Å²) in [7, 11) is 0. The van der Waals surface area contributed by atoms with Crippen LogP contribution in [0.2, 0.25) is 0 Å². The number of fused-ring (bicyclic) bond motifs is 1. The van der Waals surface area contributed by atoms with Gasteiger partial charge in [0.25, 0.3) is 0 Å². The molecule has 0 aromatic heterocycles. The number of nitrogens with one attached hydrogen (secondary N) is 3. The maximum atomic E-state index is 12.2. The highest BCUT2D eigenvalue weighted by atomic mass is 16.4. The Morgan fingerprint density at radius 1 is 1.43 bits per heavy atom. The topological polar surface area (TPSA) is 108 Å². The molecule has 0 aromatic rings. The summed E-state index contributed by atoms with van der Waals surface area (Å²) >= 11 is 0. The highest BCUT2D eigenvalue weighted by Gasteiger charge is 2.51. The quantitative estimate of drug-likeness (QED) is 0.525. The average Bonchev–Trinajstić information content (AvgIpc) is 3.10. The monoisotopic (exact) mass is 295 g/mol. The highest BCUT2D eigenvalue weighted by Crippen LogP contribution is 2.45. The molecule has 2 saturated heterocycles. The summed E-state index contributed by atoms with van der Waals surface area (Å²) in [5.41, 5.74) is 0. The number of rotatable bonds is 5. The fourth-order valence-corrected chi connectivity index (χ4v) is 3.46. The summed E-state index contributed by atoms with van der Waals surface area (Å²) in [5.74, 6) is -0.824. The van der Waals surface area contributed by atoms with Gasteiger partial charge in [0.15, 0.2) is 0 Å². The SMILES string of the molecule is O=C(O)C(C[C@@H]1CCCNC1=O)NC(=O)[C@H]1NC[C@@H]2C[C@@H]21. The highest BCUT2D eigenvalue weighted by molar-refractivity contribution is 5.88. The van der Waals surface area contributed by atoms with Crippen molar-refractivity contribution in [2.24, 2.45) is 17.8 Å². The second-order valence-corrected chi connectivity index (χ2v) is 6.31. The second-order valence-electron chi connectivity index (χ2n) is 6.31. The first-order chi connectivity index (χ1) is 10.1. The summed E-state index contributed by atoms with van der Waals surface area (Å²) < 4.78 is 0. The van der Waals surface area contributed by atoms with Crippen LogP contribution in [0, 0.1) is 17.8 Å². The van der Waals surface area contributed by atoms with Gasteiger partial charge in [0.05, 0.1) is 6.04 Å². The molecule has 4 N–H and O–H groups in total. The van der Waals surface area contributed by atoms with Gasteiger partial charge >= 0.3 is 5.97 Å². The van der Waals surface area contributed by atoms with Crippen molar-refractivity contribution in [3.63, 3.8) is 0 Å². The van der Waals surface area contributed by atoms with E-state index >= 15 is 0 Å². The molecule has 0 aromatic carbocycles. The van der Waals surface area contributed by atoms with Gasteiger partial charge in [-0.05, 0) is 44.1 Å². The van der Waals surface area contributed by atoms with E-state index in [9.17, 15) is 19.5 Å². The minimum absolute atomic E-state index is 0.108. The molecule has 3 aliphatic rings.